The van der Waals surface area contributed by atoms with Crippen molar-refractivity contribution in [3.8, 4) is 17.7 Å². The summed E-state index contributed by atoms with van der Waals surface area (Å²) in [5.41, 5.74) is 1.45. The summed E-state index contributed by atoms with van der Waals surface area (Å²) in [5.74, 6) is 1.92. The predicted octanol–water partition coefficient (Wildman–Crippen LogP) is 2.88. The summed E-state index contributed by atoms with van der Waals surface area (Å²) in [5, 5.41) is 11.9. The van der Waals surface area contributed by atoms with Crippen LogP contribution in [0.15, 0.2) is 30.6 Å². The van der Waals surface area contributed by atoms with E-state index < -0.39 is 0 Å². The number of nitrogens with zero attached hydrogens (tertiary/aromatic N) is 3. The molecule has 0 fully saturated rings. The van der Waals surface area contributed by atoms with Gasteiger partial charge in [0.25, 0.3) is 0 Å². The fraction of sp³-hybridized carbons (Fsp3) is 0.214. The molecule has 5 heteroatoms. The maximum atomic E-state index is 8.74. The number of nitrogens with one attached hydrogen (secondary N) is 1. The van der Waals surface area contributed by atoms with Crippen molar-refractivity contribution in [2.45, 2.75) is 13.8 Å². The van der Waals surface area contributed by atoms with Crippen molar-refractivity contribution in [2.24, 2.45) is 0 Å². The van der Waals surface area contributed by atoms with Crippen molar-refractivity contribution in [2.75, 3.05) is 11.9 Å². The average Bonchev–Trinajstić information content (AvgIpc) is 2.44. The molecule has 2 aromatic rings. The molecule has 5 nitrogen and oxygen atoms in total. The minimum atomic E-state index is 0.510. The first-order chi connectivity index (χ1) is 9.24. The number of nitriles is 1. The van der Waals surface area contributed by atoms with E-state index in [1.165, 1.54) is 6.33 Å². The van der Waals surface area contributed by atoms with Crippen molar-refractivity contribution in [3.63, 3.8) is 0 Å². The monoisotopic (exact) mass is 254 g/mol. The molecule has 0 radical (unpaired) electrons. The van der Waals surface area contributed by atoms with Crippen LogP contribution < -0.4 is 10.1 Å². The first-order valence-corrected chi connectivity index (χ1v) is 5.98. The molecular formula is C14H14N4O. The number of ether oxygens (including phenoxy) is 1. The first-order valence-electron chi connectivity index (χ1n) is 5.98. The maximum absolute atomic E-state index is 8.74. The SMILES string of the molecule is CCNc1ncnc(Oc2ccc(C#N)cc2)c1C. The summed E-state index contributed by atoms with van der Waals surface area (Å²) >= 11 is 0. The molecule has 0 amide bonds. The molecule has 0 bridgehead atoms. The van der Waals surface area contributed by atoms with Crippen LogP contribution in [0.5, 0.6) is 11.6 Å². The molecule has 0 aliphatic rings. The number of rotatable bonds is 4. The summed E-state index contributed by atoms with van der Waals surface area (Å²) in [6.45, 7) is 4.69. The smallest absolute Gasteiger partial charge is 0.227 e. The van der Waals surface area contributed by atoms with E-state index in [4.69, 9.17) is 10.00 Å². The van der Waals surface area contributed by atoms with Crippen LogP contribution in [-0.2, 0) is 0 Å². The molecule has 0 unspecified atom stereocenters. The van der Waals surface area contributed by atoms with Crippen LogP contribution >= 0.6 is 0 Å². The molecule has 96 valence electrons. The largest absolute Gasteiger partial charge is 0.439 e. The molecule has 1 aromatic heterocycles. The Kier molecular flexibility index (Phi) is 3.94. The fourth-order valence-corrected chi connectivity index (χ4v) is 1.59. The zero-order chi connectivity index (χ0) is 13.7. The lowest BCUT2D eigenvalue weighted by molar-refractivity contribution is 0.457. The predicted molar refractivity (Wildman–Crippen MR) is 72.2 cm³/mol. The van der Waals surface area contributed by atoms with E-state index in [2.05, 4.69) is 21.4 Å². The van der Waals surface area contributed by atoms with Gasteiger partial charge in [-0.05, 0) is 38.1 Å². The van der Waals surface area contributed by atoms with E-state index in [-0.39, 0.29) is 0 Å². The molecule has 1 aromatic carbocycles. The Morgan fingerprint density at radius 3 is 2.63 bits per heavy atom. The standard InChI is InChI=1S/C14H14N4O/c1-3-16-13-10(2)14(18-9-17-13)19-12-6-4-11(8-15)5-7-12/h4-7,9H,3H2,1-2H3,(H,16,17,18). The molecule has 0 aliphatic heterocycles. The second-order valence-corrected chi connectivity index (χ2v) is 3.92. The summed E-state index contributed by atoms with van der Waals surface area (Å²) in [4.78, 5) is 8.27. The third-order valence-electron chi connectivity index (χ3n) is 2.58. The molecule has 0 spiro atoms. The maximum Gasteiger partial charge on any atom is 0.227 e. The quantitative estimate of drug-likeness (QED) is 0.908. The van der Waals surface area contributed by atoms with Gasteiger partial charge >= 0.3 is 0 Å². The van der Waals surface area contributed by atoms with Crippen molar-refractivity contribution in [3.05, 3.63) is 41.7 Å². The van der Waals surface area contributed by atoms with Crippen LogP contribution in [0.3, 0.4) is 0 Å². The van der Waals surface area contributed by atoms with Gasteiger partial charge in [-0.1, -0.05) is 0 Å². The first kappa shape index (κ1) is 12.8. The highest BCUT2D eigenvalue weighted by molar-refractivity contribution is 5.48. The number of anilines is 1. The minimum Gasteiger partial charge on any atom is -0.439 e. The Morgan fingerprint density at radius 1 is 1.26 bits per heavy atom. The van der Waals surface area contributed by atoms with Crippen LogP contribution in [-0.4, -0.2) is 16.5 Å². The molecular weight excluding hydrogens is 240 g/mol. The van der Waals surface area contributed by atoms with Crippen LogP contribution in [0.25, 0.3) is 0 Å². The molecule has 0 saturated carbocycles. The molecule has 0 atom stereocenters. The Bertz CT molecular complexity index is 602. The van der Waals surface area contributed by atoms with E-state index in [1.807, 2.05) is 13.8 Å². The van der Waals surface area contributed by atoms with Gasteiger partial charge in [-0.15, -0.1) is 0 Å². The highest BCUT2D eigenvalue weighted by Gasteiger charge is 2.08. The molecule has 2 rings (SSSR count). The van der Waals surface area contributed by atoms with Crippen molar-refractivity contribution in [1.29, 1.82) is 5.26 Å². The minimum absolute atomic E-state index is 0.510. The number of hydrogen-bond donors (Lipinski definition) is 1. The third-order valence-corrected chi connectivity index (χ3v) is 2.58. The van der Waals surface area contributed by atoms with E-state index in [0.29, 0.717) is 17.2 Å². The molecule has 19 heavy (non-hydrogen) atoms. The highest BCUT2D eigenvalue weighted by atomic mass is 16.5. The number of hydrogen-bond acceptors (Lipinski definition) is 5. The summed E-state index contributed by atoms with van der Waals surface area (Å²) in [6.07, 6.45) is 1.46. The van der Waals surface area contributed by atoms with Gasteiger partial charge in [0.2, 0.25) is 5.88 Å². The van der Waals surface area contributed by atoms with Gasteiger partial charge in [-0.25, -0.2) is 9.97 Å². The summed E-state index contributed by atoms with van der Waals surface area (Å²) in [7, 11) is 0. The van der Waals surface area contributed by atoms with Crippen molar-refractivity contribution < 1.29 is 4.74 Å². The number of aromatic nitrogens is 2. The van der Waals surface area contributed by atoms with E-state index >= 15 is 0 Å². The van der Waals surface area contributed by atoms with Crippen molar-refractivity contribution >= 4 is 5.82 Å². The Labute approximate surface area is 111 Å². The van der Waals surface area contributed by atoms with Crippen LogP contribution in [0.1, 0.15) is 18.1 Å². The van der Waals surface area contributed by atoms with Crippen molar-refractivity contribution in [1.82, 2.24) is 9.97 Å². The topological polar surface area (TPSA) is 70.8 Å². The fourth-order valence-electron chi connectivity index (χ4n) is 1.59. The zero-order valence-corrected chi connectivity index (χ0v) is 10.8. The molecule has 0 saturated heterocycles. The Balaban J connectivity index is 2.23. The van der Waals surface area contributed by atoms with Gasteiger partial charge in [0.15, 0.2) is 0 Å². The normalized spacial score (nSPS) is 9.74. The van der Waals surface area contributed by atoms with Gasteiger partial charge in [0, 0.05) is 6.54 Å². The van der Waals surface area contributed by atoms with Crippen LogP contribution in [0.2, 0.25) is 0 Å². The molecule has 0 aliphatic carbocycles. The van der Waals surface area contributed by atoms with E-state index in [0.717, 1.165) is 17.9 Å². The average molecular weight is 254 g/mol. The lowest BCUT2D eigenvalue weighted by Gasteiger charge is -2.10. The molecule has 1 N–H and O–H groups in total. The lowest BCUT2D eigenvalue weighted by atomic mass is 10.2. The number of benzene rings is 1. The second kappa shape index (κ2) is 5.83. The van der Waals surface area contributed by atoms with Gasteiger partial charge in [-0.2, -0.15) is 5.26 Å². The Morgan fingerprint density at radius 2 is 2.00 bits per heavy atom. The third kappa shape index (κ3) is 2.99. The van der Waals surface area contributed by atoms with E-state index in [1.54, 1.807) is 24.3 Å². The van der Waals surface area contributed by atoms with Crippen LogP contribution in [0, 0.1) is 18.3 Å². The van der Waals surface area contributed by atoms with Gasteiger partial charge < -0.3 is 10.1 Å². The summed E-state index contributed by atoms with van der Waals surface area (Å²) in [6, 6.07) is 8.96. The lowest BCUT2D eigenvalue weighted by Crippen LogP contribution is -2.03. The summed E-state index contributed by atoms with van der Waals surface area (Å²) < 4.78 is 5.70. The zero-order valence-electron chi connectivity index (χ0n) is 10.8. The Hall–Kier alpha value is -2.61. The van der Waals surface area contributed by atoms with Gasteiger partial charge in [0.05, 0.1) is 17.2 Å². The van der Waals surface area contributed by atoms with Gasteiger partial charge in [0.1, 0.15) is 17.9 Å². The second-order valence-electron chi connectivity index (χ2n) is 3.92. The molecule has 1 heterocycles. The van der Waals surface area contributed by atoms with Crippen LogP contribution in [0.4, 0.5) is 5.82 Å². The van der Waals surface area contributed by atoms with E-state index in [9.17, 15) is 0 Å². The van der Waals surface area contributed by atoms with Gasteiger partial charge in [-0.3, -0.25) is 0 Å². The highest BCUT2D eigenvalue weighted by Crippen LogP contribution is 2.25.